The molecule has 0 atom stereocenters. The molecule has 128 valence electrons. The number of anilines is 1. The number of hydrogen-bond donors (Lipinski definition) is 1. The number of amides is 1. The first kappa shape index (κ1) is 18.5. The summed E-state index contributed by atoms with van der Waals surface area (Å²) in [6.07, 6.45) is 0. The van der Waals surface area contributed by atoms with Gasteiger partial charge < -0.3 is 19.5 Å². The first-order valence-corrected chi connectivity index (χ1v) is 7.86. The lowest BCUT2D eigenvalue weighted by Gasteiger charge is -2.11. The second kappa shape index (κ2) is 8.33. The summed E-state index contributed by atoms with van der Waals surface area (Å²) in [5.41, 5.74) is 0.350. The maximum atomic E-state index is 12.0. The van der Waals surface area contributed by atoms with Gasteiger partial charge >= 0.3 is 0 Å². The van der Waals surface area contributed by atoms with Gasteiger partial charge in [-0.1, -0.05) is 34.8 Å². The molecule has 2 aromatic carbocycles. The normalized spacial score (nSPS) is 10.2. The molecule has 0 fully saturated rings. The highest BCUT2D eigenvalue weighted by Gasteiger charge is 2.11. The molecule has 0 unspecified atom stereocenters. The average Bonchev–Trinajstić information content (AvgIpc) is 2.57. The van der Waals surface area contributed by atoms with Crippen LogP contribution in [0.15, 0.2) is 30.3 Å². The first-order chi connectivity index (χ1) is 11.4. The molecule has 1 amide bonds. The maximum Gasteiger partial charge on any atom is 0.262 e. The van der Waals surface area contributed by atoms with Crippen molar-refractivity contribution in [3.05, 3.63) is 45.4 Å². The molecule has 24 heavy (non-hydrogen) atoms. The molecule has 0 spiro atoms. The van der Waals surface area contributed by atoms with Gasteiger partial charge in [-0.15, -0.1) is 0 Å². The van der Waals surface area contributed by atoms with E-state index in [1.54, 1.807) is 18.2 Å². The van der Waals surface area contributed by atoms with Crippen molar-refractivity contribution in [2.75, 3.05) is 26.1 Å². The number of hydrogen-bond acceptors (Lipinski definition) is 4. The number of carbonyl (C=O) groups is 1. The minimum absolute atomic E-state index is 0.229. The zero-order valence-corrected chi connectivity index (χ0v) is 15.1. The van der Waals surface area contributed by atoms with Gasteiger partial charge in [0.05, 0.1) is 35.0 Å². The van der Waals surface area contributed by atoms with Crippen LogP contribution >= 0.6 is 34.8 Å². The molecule has 0 heterocycles. The molecule has 2 rings (SSSR count). The highest BCUT2D eigenvalue weighted by Crippen LogP contribution is 2.32. The maximum absolute atomic E-state index is 12.0. The van der Waals surface area contributed by atoms with Crippen molar-refractivity contribution >= 4 is 46.4 Å². The van der Waals surface area contributed by atoms with Crippen LogP contribution in [0.1, 0.15) is 0 Å². The van der Waals surface area contributed by atoms with Crippen LogP contribution in [0.2, 0.25) is 15.1 Å². The van der Waals surface area contributed by atoms with E-state index < -0.39 is 5.91 Å². The molecule has 0 aliphatic rings. The lowest BCUT2D eigenvalue weighted by molar-refractivity contribution is -0.118. The topological polar surface area (TPSA) is 56.8 Å². The summed E-state index contributed by atoms with van der Waals surface area (Å²) in [4.78, 5) is 12.0. The molecular weight excluding hydrogens is 377 g/mol. The largest absolute Gasteiger partial charge is 0.496 e. The lowest BCUT2D eigenvalue weighted by atomic mass is 10.3. The molecule has 0 saturated heterocycles. The summed E-state index contributed by atoms with van der Waals surface area (Å²) in [5, 5.41) is 3.47. The number of benzene rings is 2. The van der Waals surface area contributed by atoms with Gasteiger partial charge in [-0.2, -0.15) is 0 Å². The number of rotatable bonds is 6. The quantitative estimate of drug-likeness (QED) is 0.728. The van der Waals surface area contributed by atoms with E-state index in [-0.39, 0.29) is 16.7 Å². The lowest BCUT2D eigenvalue weighted by Crippen LogP contribution is -2.20. The van der Waals surface area contributed by atoms with Crippen LogP contribution in [0, 0.1) is 0 Å². The summed E-state index contributed by atoms with van der Waals surface area (Å²) in [5.74, 6) is 1.13. The van der Waals surface area contributed by atoms with Crippen LogP contribution in [-0.2, 0) is 4.79 Å². The third kappa shape index (κ3) is 4.84. The fraction of sp³-hybridized carbons (Fsp3) is 0.188. The fourth-order valence-electron chi connectivity index (χ4n) is 1.82. The van der Waals surface area contributed by atoms with Crippen LogP contribution in [0.25, 0.3) is 0 Å². The van der Waals surface area contributed by atoms with E-state index in [9.17, 15) is 4.79 Å². The van der Waals surface area contributed by atoms with Gasteiger partial charge in [0.25, 0.3) is 5.91 Å². The highest BCUT2D eigenvalue weighted by atomic mass is 35.5. The summed E-state index contributed by atoms with van der Waals surface area (Å²) in [7, 11) is 3.05. The van der Waals surface area contributed by atoms with E-state index >= 15 is 0 Å². The van der Waals surface area contributed by atoms with Crippen LogP contribution in [-0.4, -0.2) is 26.7 Å². The van der Waals surface area contributed by atoms with Crippen LogP contribution < -0.4 is 19.5 Å². The second-order valence-electron chi connectivity index (χ2n) is 4.63. The van der Waals surface area contributed by atoms with Crippen molar-refractivity contribution in [2.24, 2.45) is 0 Å². The predicted octanol–water partition coefficient (Wildman–Crippen LogP) is 4.68. The molecule has 8 heteroatoms. The molecule has 0 radical (unpaired) electrons. The number of halogens is 3. The Morgan fingerprint density at radius 1 is 0.875 bits per heavy atom. The van der Waals surface area contributed by atoms with Crippen molar-refractivity contribution in [1.29, 1.82) is 0 Å². The summed E-state index contributed by atoms with van der Waals surface area (Å²) < 4.78 is 15.7. The molecular formula is C16H14Cl3NO4. The van der Waals surface area contributed by atoms with Gasteiger partial charge in [-0.25, -0.2) is 0 Å². The van der Waals surface area contributed by atoms with Crippen molar-refractivity contribution in [1.82, 2.24) is 0 Å². The van der Waals surface area contributed by atoms with E-state index in [4.69, 9.17) is 49.0 Å². The minimum atomic E-state index is -0.405. The number of ether oxygens (including phenoxy) is 3. The predicted molar refractivity (Wildman–Crippen MR) is 95.1 cm³/mol. The van der Waals surface area contributed by atoms with Crippen molar-refractivity contribution < 1.29 is 19.0 Å². The minimum Gasteiger partial charge on any atom is -0.496 e. The Hall–Kier alpha value is -1.82. The number of nitrogens with one attached hydrogen (secondary N) is 1. The number of methoxy groups -OCH3 is 2. The summed E-state index contributed by atoms with van der Waals surface area (Å²) in [6.45, 7) is -0.229. The van der Waals surface area contributed by atoms with E-state index in [1.807, 2.05) is 0 Å². The molecule has 1 N–H and O–H groups in total. The molecule has 0 aliphatic heterocycles. The van der Waals surface area contributed by atoms with Crippen LogP contribution in [0.4, 0.5) is 5.69 Å². The van der Waals surface area contributed by atoms with Crippen molar-refractivity contribution in [2.45, 2.75) is 0 Å². The molecule has 0 aromatic heterocycles. The molecule has 0 bridgehead atoms. The number of carbonyl (C=O) groups excluding carboxylic acids is 1. The monoisotopic (exact) mass is 389 g/mol. The average molecular weight is 391 g/mol. The molecule has 0 aliphatic carbocycles. The van der Waals surface area contributed by atoms with E-state index in [2.05, 4.69) is 5.32 Å². The Labute approximate surface area is 154 Å². The van der Waals surface area contributed by atoms with Crippen molar-refractivity contribution in [3.63, 3.8) is 0 Å². The molecule has 5 nitrogen and oxygen atoms in total. The van der Waals surface area contributed by atoms with Crippen LogP contribution in [0.5, 0.6) is 17.2 Å². The van der Waals surface area contributed by atoms with E-state index in [0.717, 1.165) is 0 Å². The second-order valence-corrected chi connectivity index (χ2v) is 5.85. The SMILES string of the molecule is COc1cc(OC)cc(OCC(=O)Nc2cc(Cl)c(Cl)cc2Cl)c1. The Morgan fingerprint density at radius 3 is 2.00 bits per heavy atom. The Kier molecular flexibility index (Phi) is 6.43. The zero-order valence-electron chi connectivity index (χ0n) is 12.9. The molecule has 0 saturated carbocycles. The summed E-state index contributed by atoms with van der Waals surface area (Å²) >= 11 is 17.8. The van der Waals surface area contributed by atoms with Gasteiger partial charge in [0.2, 0.25) is 0 Å². The molecule has 2 aromatic rings. The third-order valence-electron chi connectivity index (χ3n) is 2.98. The Morgan fingerprint density at radius 2 is 1.42 bits per heavy atom. The van der Waals surface area contributed by atoms with Gasteiger partial charge in [0, 0.05) is 18.2 Å². The summed E-state index contributed by atoms with van der Waals surface area (Å²) in [6, 6.07) is 7.90. The van der Waals surface area contributed by atoms with Gasteiger partial charge in [0.1, 0.15) is 17.2 Å². The van der Waals surface area contributed by atoms with Crippen LogP contribution in [0.3, 0.4) is 0 Å². The smallest absolute Gasteiger partial charge is 0.262 e. The van der Waals surface area contributed by atoms with Gasteiger partial charge in [-0.3, -0.25) is 4.79 Å². The third-order valence-corrected chi connectivity index (χ3v) is 4.01. The first-order valence-electron chi connectivity index (χ1n) is 6.73. The highest BCUT2D eigenvalue weighted by molar-refractivity contribution is 6.44. The van der Waals surface area contributed by atoms with Gasteiger partial charge in [0.15, 0.2) is 6.61 Å². The van der Waals surface area contributed by atoms with E-state index in [0.29, 0.717) is 28.0 Å². The Balaban J connectivity index is 2.02. The van der Waals surface area contributed by atoms with E-state index in [1.165, 1.54) is 26.4 Å². The zero-order chi connectivity index (χ0) is 17.7. The fourth-order valence-corrected chi connectivity index (χ4v) is 2.41. The van der Waals surface area contributed by atoms with Crippen molar-refractivity contribution in [3.8, 4) is 17.2 Å². The standard InChI is InChI=1S/C16H14Cl3NO4/c1-22-9-3-10(23-2)5-11(4-9)24-8-16(21)20-15-7-13(18)12(17)6-14(15)19/h3-7H,8H2,1-2H3,(H,20,21). The van der Waals surface area contributed by atoms with Gasteiger partial charge in [-0.05, 0) is 12.1 Å². The Bertz CT molecular complexity index is 730.